The Balaban J connectivity index is 0.00000127. The van der Waals surface area contributed by atoms with Crippen molar-refractivity contribution in [2.75, 3.05) is 0 Å². The highest BCUT2D eigenvalue weighted by atomic mass is 16.7. The lowest BCUT2D eigenvalue weighted by Gasteiger charge is -2.34. The van der Waals surface area contributed by atoms with Crippen LogP contribution in [-0.2, 0) is 32.2 Å². The molecule has 0 aromatic heterocycles. The van der Waals surface area contributed by atoms with Crippen LogP contribution in [0.4, 0.5) is 0 Å². The highest BCUT2D eigenvalue weighted by Gasteiger charge is 2.36. The van der Waals surface area contributed by atoms with Gasteiger partial charge in [-0.15, -0.1) is 0 Å². The quantitative estimate of drug-likeness (QED) is 0.135. The molecule has 0 radical (unpaired) electrons. The lowest BCUT2D eigenvalue weighted by atomic mass is 10.0. The van der Waals surface area contributed by atoms with Crippen molar-refractivity contribution in [1.29, 1.82) is 0 Å². The molecule has 1 aliphatic heterocycles. The van der Waals surface area contributed by atoms with E-state index in [0.717, 1.165) is 11.1 Å². The molecule has 1 heterocycles. The third-order valence-corrected chi connectivity index (χ3v) is 6.37. The molecule has 7 heteroatoms. The molecule has 0 amide bonds. The molecule has 0 saturated carbocycles. The molecule has 1 fully saturated rings. The summed E-state index contributed by atoms with van der Waals surface area (Å²) in [5, 5.41) is 0. The number of hydrogen-bond donors (Lipinski definition) is 0. The fraction of sp³-hybridized carbons (Fsp3) is 0.297. The minimum absolute atomic E-state index is 0.157. The Morgan fingerprint density at radius 1 is 0.659 bits per heavy atom. The van der Waals surface area contributed by atoms with Gasteiger partial charge in [0, 0.05) is 12.8 Å². The Morgan fingerprint density at radius 3 is 1.77 bits per heavy atom. The molecule has 0 spiro atoms. The van der Waals surface area contributed by atoms with Crippen molar-refractivity contribution < 1.29 is 33.3 Å². The minimum Gasteiger partial charge on any atom is -0.465 e. The van der Waals surface area contributed by atoms with Gasteiger partial charge in [0.15, 0.2) is 6.10 Å². The summed E-state index contributed by atoms with van der Waals surface area (Å²) in [6, 6.07) is 34.8. The number of benzene rings is 4. The van der Waals surface area contributed by atoms with Gasteiger partial charge in [-0.05, 0) is 47.5 Å². The van der Waals surface area contributed by atoms with E-state index in [0.29, 0.717) is 36.5 Å². The molecule has 3 atom stereocenters. The number of rotatable bonds is 10. The Bertz CT molecular complexity index is 1360. The summed E-state index contributed by atoms with van der Waals surface area (Å²) in [6.07, 6.45) is -1.07. The average Bonchev–Trinajstić information content (AvgIpc) is 3.10. The van der Waals surface area contributed by atoms with E-state index in [1.54, 1.807) is 48.5 Å². The molecule has 44 heavy (non-hydrogen) atoms. The maximum absolute atomic E-state index is 12.9. The monoisotopic (exact) mass is 598 g/mol. The van der Waals surface area contributed by atoms with Crippen molar-refractivity contribution in [3.8, 4) is 11.5 Å². The van der Waals surface area contributed by atoms with Gasteiger partial charge in [0.05, 0.1) is 18.3 Å². The van der Waals surface area contributed by atoms with E-state index in [1.807, 2.05) is 94.4 Å². The molecule has 232 valence electrons. The van der Waals surface area contributed by atoms with Crippen molar-refractivity contribution in [3.05, 3.63) is 132 Å². The van der Waals surface area contributed by atoms with E-state index < -0.39 is 24.3 Å². The van der Waals surface area contributed by atoms with E-state index >= 15 is 0 Å². The average molecular weight is 599 g/mol. The maximum Gasteiger partial charge on any atom is 0.343 e. The Kier molecular flexibility index (Phi) is 14.7. The second-order valence-electron chi connectivity index (χ2n) is 9.38. The summed E-state index contributed by atoms with van der Waals surface area (Å²) >= 11 is 0. The van der Waals surface area contributed by atoms with Gasteiger partial charge < -0.3 is 23.7 Å². The Morgan fingerprint density at radius 2 is 1.18 bits per heavy atom. The normalized spacial score (nSPS) is 17.0. The lowest BCUT2D eigenvalue weighted by molar-refractivity contribution is -0.206. The molecule has 0 N–H and O–H groups in total. The number of carbonyl (C=O) groups excluding carboxylic acids is 2. The van der Waals surface area contributed by atoms with Crippen LogP contribution < -0.4 is 9.47 Å². The van der Waals surface area contributed by atoms with Gasteiger partial charge in [0.25, 0.3) is 0 Å². The van der Waals surface area contributed by atoms with E-state index in [9.17, 15) is 9.59 Å². The minimum atomic E-state index is -0.839. The van der Waals surface area contributed by atoms with Crippen LogP contribution in [0.3, 0.4) is 0 Å². The van der Waals surface area contributed by atoms with E-state index in [4.69, 9.17) is 23.7 Å². The predicted molar refractivity (Wildman–Crippen MR) is 170 cm³/mol. The highest BCUT2D eigenvalue weighted by Crippen LogP contribution is 2.28. The van der Waals surface area contributed by atoms with Crippen LogP contribution in [-0.4, -0.2) is 30.4 Å². The molecule has 1 saturated heterocycles. The molecule has 5 rings (SSSR count). The largest absolute Gasteiger partial charge is 0.465 e. The van der Waals surface area contributed by atoms with Gasteiger partial charge in [-0.25, -0.2) is 9.59 Å². The van der Waals surface area contributed by atoms with Gasteiger partial charge >= 0.3 is 11.9 Å². The summed E-state index contributed by atoms with van der Waals surface area (Å²) < 4.78 is 29.2. The van der Waals surface area contributed by atoms with Crippen LogP contribution in [0.15, 0.2) is 115 Å². The number of esters is 2. The van der Waals surface area contributed by atoms with Gasteiger partial charge in [-0.2, -0.15) is 0 Å². The van der Waals surface area contributed by atoms with Crippen LogP contribution >= 0.6 is 0 Å². The second-order valence-corrected chi connectivity index (χ2v) is 9.38. The predicted octanol–water partition coefficient (Wildman–Crippen LogP) is 8.17. The summed E-state index contributed by atoms with van der Waals surface area (Å²) in [6.45, 7) is 8.56. The van der Waals surface area contributed by atoms with Gasteiger partial charge in [-0.1, -0.05) is 107 Å². The molecule has 1 aliphatic rings. The Labute approximate surface area is 260 Å². The number of hydrogen-bond acceptors (Lipinski definition) is 7. The van der Waals surface area contributed by atoms with Gasteiger partial charge in [0.2, 0.25) is 6.29 Å². The van der Waals surface area contributed by atoms with E-state index in [2.05, 4.69) is 0 Å². The molecule has 3 unspecified atom stereocenters. The number of ether oxygens (including phenoxy) is 5. The molecular weight excluding hydrogens is 556 g/mol. The van der Waals surface area contributed by atoms with Crippen molar-refractivity contribution in [3.63, 3.8) is 0 Å². The maximum atomic E-state index is 12.9. The molecular formula is C37H42O7. The molecule has 7 nitrogen and oxygen atoms in total. The van der Waals surface area contributed by atoms with Crippen molar-refractivity contribution in [2.24, 2.45) is 0 Å². The van der Waals surface area contributed by atoms with Crippen molar-refractivity contribution in [2.45, 2.75) is 72.2 Å². The SMILES string of the molecule is CC.CC.O=C(Oc1ccc(OC2CC(OCc3ccccc3)CC(C(=O)OCc3ccccc3)O2)cc1)c1ccccc1. The smallest absolute Gasteiger partial charge is 0.343 e. The van der Waals surface area contributed by atoms with Gasteiger partial charge in [-0.3, -0.25) is 0 Å². The first-order chi connectivity index (χ1) is 21.6. The molecule has 0 aliphatic carbocycles. The van der Waals surface area contributed by atoms with Gasteiger partial charge in [0.1, 0.15) is 18.1 Å². The highest BCUT2D eigenvalue weighted by molar-refractivity contribution is 5.90. The Hall–Kier alpha value is -4.46. The summed E-state index contributed by atoms with van der Waals surface area (Å²) in [5.74, 6) is -0.0180. The fourth-order valence-electron chi connectivity index (χ4n) is 4.30. The van der Waals surface area contributed by atoms with Crippen LogP contribution in [0, 0.1) is 0 Å². The standard InChI is InChI=1S/C33H30O7.2C2H6/c34-32(26-14-8-3-9-15-26)39-28-18-16-27(17-19-28)38-31-21-29(36-22-24-10-4-1-5-11-24)20-30(40-31)33(35)37-23-25-12-6-2-7-13-25;2*1-2/h1-19,29-31H,20-23H2;2*1-2H3. The lowest BCUT2D eigenvalue weighted by Crippen LogP contribution is -2.44. The third-order valence-electron chi connectivity index (χ3n) is 6.37. The first-order valence-electron chi connectivity index (χ1n) is 15.2. The molecule has 4 aromatic rings. The van der Waals surface area contributed by atoms with Crippen molar-refractivity contribution in [1.82, 2.24) is 0 Å². The first-order valence-corrected chi connectivity index (χ1v) is 15.2. The third kappa shape index (κ3) is 11.0. The summed E-state index contributed by atoms with van der Waals surface area (Å²) in [4.78, 5) is 25.3. The molecule has 4 aromatic carbocycles. The van der Waals surface area contributed by atoms with Crippen LogP contribution in [0.2, 0.25) is 0 Å². The second kappa shape index (κ2) is 18.9. The van der Waals surface area contributed by atoms with Crippen LogP contribution in [0.5, 0.6) is 11.5 Å². The zero-order valence-electron chi connectivity index (χ0n) is 25.9. The van der Waals surface area contributed by atoms with Crippen molar-refractivity contribution >= 4 is 11.9 Å². The zero-order valence-corrected chi connectivity index (χ0v) is 25.9. The topological polar surface area (TPSA) is 80.3 Å². The first kappa shape index (κ1) is 34.0. The van der Waals surface area contributed by atoms with E-state index in [-0.39, 0.29) is 12.7 Å². The van der Waals surface area contributed by atoms with Crippen LogP contribution in [0.25, 0.3) is 0 Å². The van der Waals surface area contributed by atoms with E-state index in [1.165, 1.54) is 0 Å². The number of carbonyl (C=O) groups is 2. The summed E-state index contributed by atoms with van der Waals surface area (Å²) in [7, 11) is 0. The van der Waals surface area contributed by atoms with Crippen LogP contribution in [0.1, 0.15) is 62.0 Å². The zero-order chi connectivity index (χ0) is 31.6. The molecule has 0 bridgehead atoms. The summed E-state index contributed by atoms with van der Waals surface area (Å²) in [5.41, 5.74) is 2.39. The fourth-order valence-corrected chi connectivity index (χ4v) is 4.30.